The van der Waals surface area contributed by atoms with Crippen LogP contribution in [-0.2, 0) is 4.74 Å². The highest BCUT2D eigenvalue weighted by molar-refractivity contribution is 6.15. The van der Waals surface area contributed by atoms with E-state index in [0.29, 0.717) is 23.3 Å². The van der Waals surface area contributed by atoms with E-state index in [2.05, 4.69) is 5.16 Å². The number of benzene rings is 2. The third-order valence-corrected chi connectivity index (χ3v) is 2.81. The third-order valence-electron chi connectivity index (χ3n) is 2.81. The molecule has 0 heterocycles. The van der Waals surface area contributed by atoms with Gasteiger partial charge < -0.3 is 9.94 Å². The molecule has 0 aliphatic heterocycles. The lowest BCUT2D eigenvalue weighted by Gasteiger charge is -2.10. The van der Waals surface area contributed by atoms with Crippen LogP contribution in [0.15, 0.2) is 59.8 Å². The Balaban J connectivity index is 2.45. The van der Waals surface area contributed by atoms with Crippen molar-refractivity contribution in [2.75, 3.05) is 6.61 Å². The minimum absolute atomic E-state index is 0.0485. The zero-order chi connectivity index (χ0) is 14.4. The van der Waals surface area contributed by atoms with E-state index in [-0.39, 0.29) is 11.7 Å². The molecular formula is C16H15NO3. The maximum absolute atomic E-state index is 12.5. The molecule has 2 rings (SSSR count). The molecular weight excluding hydrogens is 254 g/mol. The fraction of sp³-hybridized carbons (Fsp3) is 0.125. The Labute approximate surface area is 117 Å². The van der Waals surface area contributed by atoms with Crippen LogP contribution in [0, 0.1) is 0 Å². The molecule has 0 spiro atoms. The molecule has 0 aliphatic carbocycles. The molecule has 4 heteroatoms. The number of oxime groups is 1. The molecule has 0 aliphatic rings. The number of hydrogen-bond acceptors (Lipinski definition) is 4. The minimum Gasteiger partial charge on any atom is -0.475 e. The molecule has 2 aromatic rings. The summed E-state index contributed by atoms with van der Waals surface area (Å²) in [7, 11) is 0. The smallest absolute Gasteiger partial charge is 0.258 e. The SMILES string of the molecule is CCOC(=NO)c1ccccc1C(=O)c1ccccc1. The number of carbonyl (C=O) groups excluding carboxylic acids is 1. The summed E-state index contributed by atoms with van der Waals surface area (Å²) < 4.78 is 5.25. The first-order valence-corrected chi connectivity index (χ1v) is 6.32. The first kappa shape index (κ1) is 13.8. The summed E-state index contributed by atoms with van der Waals surface area (Å²) in [6.45, 7) is 2.14. The molecule has 0 unspecified atom stereocenters. The van der Waals surface area contributed by atoms with Crippen molar-refractivity contribution in [2.45, 2.75) is 6.92 Å². The number of hydrogen-bond donors (Lipinski definition) is 1. The molecule has 20 heavy (non-hydrogen) atoms. The number of carbonyl (C=O) groups is 1. The maximum Gasteiger partial charge on any atom is 0.258 e. The van der Waals surface area contributed by atoms with Crippen LogP contribution in [-0.4, -0.2) is 23.5 Å². The van der Waals surface area contributed by atoms with Gasteiger partial charge in [0.25, 0.3) is 5.90 Å². The van der Waals surface area contributed by atoms with Crippen molar-refractivity contribution in [1.82, 2.24) is 0 Å². The Hall–Kier alpha value is -2.62. The Morgan fingerprint density at radius 3 is 2.25 bits per heavy atom. The highest BCUT2D eigenvalue weighted by Crippen LogP contribution is 2.16. The molecule has 0 amide bonds. The summed E-state index contributed by atoms with van der Waals surface area (Å²) in [4.78, 5) is 12.5. The predicted octanol–water partition coefficient (Wildman–Crippen LogP) is 3.09. The van der Waals surface area contributed by atoms with Crippen molar-refractivity contribution in [3.05, 3.63) is 71.3 Å². The van der Waals surface area contributed by atoms with E-state index in [9.17, 15) is 4.79 Å². The maximum atomic E-state index is 12.5. The van der Waals surface area contributed by atoms with Gasteiger partial charge in [0.15, 0.2) is 5.78 Å². The summed E-state index contributed by atoms with van der Waals surface area (Å²) >= 11 is 0. The quantitative estimate of drug-likeness (QED) is 0.305. The Morgan fingerprint density at radius 1 is 1.05 bits per heavy atom. The Bertz CT molecular complexity index is 621. The van der Waals surface area contributed by atoms with Gasteiger partial charge in [-0.15, -0.1) is 0 Å². The van der Waals surface area contributed by atoms with Crippen LogP contribution in [0.5, 0.6) is 0 Å². The van der Waals surface area contributed by atoms with E-state index >= 15 is 0 Å². The zero-order valence-electron chi connectivity index (χ0n) is 11.1. The molecule has 0 fully saturated rings. The Kier molecular flexibility index (Phi) is 4.50. The molecule has 0 bridgehead atoms. The second-order valence-corrected chi connectivity index (χ2v) is 4.08. The molecule has 0 atom stereocenters. The Morgan fingerprint density at radius 2 is 1.65 bits per heavy atom. The molecule has 102 valence electrons. The van der Waals surface area contributed by atoms with Gasteiger partial charge in [-0.05, 0) is 18.1 Å². The van der Waals surface area contributed by atoms with Crippen molar-refractivity contribution < 1.29 is 14.7 Å². The van der Waals surface area contributed by atoms with Crippen LogP contribution >= 0.6 is 0 Å². The molecule has 0 aromatic heterocycles. The predicted molar refractivity (Wildman–Crippen MR) is 76.3 cm³/mol. The largest absolute Gasteiger partial charge is 0.475 e. The highest BCUT2D eigenvalue weighted by atomic mass is 16.5. The van der Waals surface area contributed by atoms with E-state index in [1.165, 1.54) is 0 Å². The van der Waals surface area contributed by atoms with Crippen molar-refractivity contribution in [3.63, 3.8) is 0 Å². The third kappa shape index (κ3) is 2.85. The summed E-state index contributed by atoms with van der Waals surface area (Å²) in [6.07, 6.45) is 0. The van der Waals surface area contributed by atoms with Gasteiger partial charge in [0, 0.05) is 11.1 Å². The summed E-state index contributed by atoms with van der Waals surface area (Å²) in [6, 6.07) is 15.9. The van der Waals surface area contributed by atoms with Gasteiger partial charge in [-0.1, -0.05) is 48.5 Å². The topological polar surface area (TPSA) is 58.9 Å². The molecule has 0 radical (unpaired) electrons. The van der Waals surface area contributed by atoms with E-state index in [0.717, 1.165) is 0 Å². The van der Waals surface area contributed by atoms with Gasteiger partial charge in [0.1, 0.15) is 0 Å². The van der Waals surface area contributed by atoms with Crippen molar-refractivity contribution >= 4 is 11.7 Å². The first-order chi connectivity index (χ1) is 9.77. The molecule has 0 saturated heterocycles. The lowest BCUT2D eigenvalue weighted by molar-refractivity contribution is 0.103. The summed E-state index contributed by atoms with van der Waals surface area (Å²) in [5, 5.41) is 12.2. The van der Waals surface area contributed by atoms with Crippen molar-refractivity contribution in [1.29, 1.82) is 0 Å². The highest BCUT2D eigenvalue weighted by Gasteiger charge is 2.17. The van der Waals surface area contributed by atoms with Crippen LogP contribution in [0.1, 0.15) is 28.4 Å². The molecule has 1 N–H and O–H groups in total. The van der Waals surface area contributed by atoms with Gasteiger partial charge in [-0.3, -0.25) is 4.79 Å². The van der Waals surface area contributed by atoms with Crippen molar-refractivity contribution in [2.24, 2.45) is 5.16 Å². The van der Waals surface area contributed by atoms with E-state index in [1.54, 1.807) is 55.5 Å². The zero-order valence-corrected chi connectivity index (χ0v) is 11.1. The molecule has 0 saturated carbocycles. The van der Waals surface area contributed by atoms with E-state index < -0.39 is 0 Å². The van der Waals surface area contributed by atoms with Crippen LogP contribution in [0.2, 0.25) is 0 Å². The van der Waals surface area contributed by atoms with Gasteiger partial charge >= 0.3 is 0 Å². The monoisotopic (exact) mass is 269 g/mol. The van der Waals surface area contributed by atoms with Crippen LogP contribution in [0.3, 0.4) is 0 Å². The fourth-order valence-corrected chi connectivity index (χ4v) is 1.91. The first-order valence-electron chi connectivity index (χ1n) is 6.32. The fourth-order valence-electron chi connectivity index (χ4n) is 1.91. The van der Waals surface area contributed by atoms with E-state index in [1.807, 2.05) is 6.07 Å². The normalized spacial score (nSPS) is 11.2. The number of ether oxygens (including phenoxy) is 1. The van der Waals surface area contributed by atoms with Crippen molar-refractivity contribution in [3.8, 4) is 0 Å². The molecule has 4 nitrogen and oxygen atoms in total. The molecule has 2 aromatic carbocycles. The number of nitrogens with zero attached hydrogens (tertiary/aromatic N) is 1. The average Bonchev–Trinajstić information content (AvgIpc) is 2.53. The summed E-state index contributed by atoms with van der Waals surface area (Å²) in [5.41, 5.74) is 1.50. The van der Waals surface area contributed by atoms with Crippen LogP contribution < -0.4 is 0 Å². The van der Waals surface area contributed by atoms with Gasteiger partial charge in [0.05, 0.1) is 12.2 Å². The second-order valence-electron chi connectivity index (χ2n) is 4.08. The van der Waals surface area contributed by atoms with Crippen LogP contribution in [0.25, 0.3) is 0 Å². The number of ketones is 1. The lowest BCUT2D eigenvalue weighted by Crippen LogP contribution is -2.13. The minimum atomic E-state index is -0.137. The average molecular weight is 269 g/mol. The second kappa shape index (κ2) is 6.52. The van der Waals surface area contributed by atoms with Crippen LogP contribution in [0.4, 0.5) is 0 Å². The van der Waals surface area contributed by atoms with Gasteiger partial charge in [-0.2, -0.15) is 0 Å². The number of rotatable bonds is 4. The van der Waals surface area contributed by atoms with Gasteiger partial charge in [0.2, 0.25) is 0 Å². The lowest BCUT2D eigenvalue weighted by atomic mass is 9.98. The summed E-state index contributed by atoms with van der Waals surface area (Å²) in [5.74, 6) is -0.0885. The van der Waals surface area contributed by atoms with E-state index in [4.69, 9.17) is 9.94 Å². The van der Waals surface area contributed by atoms with Gasteiger partial charge in [-0.25, -0.2) is 0 Å². The standard InChI is InChI=1S/C16H15NO3/c1-2-20-16(17-19)14-11-7-6-10-13(14)15(18)12-8-4-3-5-9-12/h3-11,19H,2H2,1H3.